The van der Waals surface area contributed by atoms with Crippen molar-refractivity contribution in [1.29, 1.82) is 0 Å². The lowest BCUT2D eigenvalue weighted by Gasteiger charge is -2.37. The zero-order valence-corrected chi connectivity index (χ0v) is 15.4. The number of aromatic nitrogens is 2. The lowest BCUT2D eigenvalue weighted by molar-refractivity contribution is -0.125. The van der Waals surface area contributed by atoms with Crippen molar-refractivity contribution in [3.05, 3.63) is 24.3 Å². The van der Waals surface area contributed by atoms with Gasteiger partial charge in [-0.15, -0.1) is 0 Å². The minimum absolute atomic E-state index is 0.164. The second kappa shape index (κ2) is 9.23. The quantitative estimate of drug-likeness (QED) is 0.769. The number of rotatable bonds is 5. The standard InChI is InChI=1S/C17H26N6O3/c1-12(2)10-20-17(26)21-15(24)13(3)22-6-8-23(9-7-22)16(25)14-11-18-4-5-19-14/h4-5,11-13H,6-10H2,1-3H3,(H2,20,21,24,26). The molecule has 1 aliphatic heterocycles. The molecule has 2 N–H and O–H groups in total. The highest BCUT2D eigenvalue weighted by Crippen LogP contribution is 2.09. The Bertz CT molecular complexity index is 629. The van der Waals surface area contributed by atoms with E-state index in [2.05, 4.69) is 20.6 Å². The maximum atomic E-state index is 12.4. The van der Waals surface area contributed by atoms with Gasteiger partial charge < -0.3 is 10.2 Å². The molecule has 142 valence electrons. The van der Waals surface area contributed by atoms with Crippen LogP contribution >= 0.6 is 0 Å². The number of amides is 4. The van der Waals surface area contributed by atoms with Gasteiger partial charge in [0.1, 0.15) is 5.69 Å². The van der Waals surface area contributed by atoms with Crippen molar-refractivity contribution < 1.29 is 14.4 Å². The average molecular weight is 362 g/mol. The van der Waals surface area contributed by atoms with Gasteiger partial charge in [0.25, 0.3) is 5.91 Å². The van der Waals surface area contributed by atoms with Crippen LogP contribution in [0.15, 0.2) is 18.6 Å². The van der Waals surface area contributed by atoms with Crippen molar-refractivity contribution in [2.24, 2.45) is 5.92 Å². The predicted molar refractivity (Wildman–Crippen MR) is 95.3 cm³/mol. The molecule has 2 heterocycles. The summed E-state index contributed by atoms with van der Waals surface area (Å²) >= 11 is 0. The van der Waals surface area contributed by atoms with Gasteiger partial charge in [0, 0.05) is 45.1 Å². The molecular formula is C17H26N6O3. The molecular weight excluding hydrogens is 336 g/mol. The van der Waals surface area contributed by atoms with E-state index in [0.29, 0.717) is 44.3 Å². The fourth-order valence-electron chi connectivity index (χ4n) is 2.61. The minimum Gasteiger partial charge on any atom is -0.338 e. The van der Waals surface area contributed by atoms with Gasteiger partial charge in [-0.1, -0.05) is 13.8 Å². The van der Waals surface area contributed by atoms with E-state index in [4.69, 9.17) is 0 Å². The Balaban J connectivity index is 1.80. The molecule has 9 nitrogen and oxygen atoms in total. The zero-order chi connectivity index (χ0) is 19.1. The molecule has 9 heteroatoms. The maximum absolute atomic E-state index is 12.4. The summed E-state index contributed by atoms with van der Waals surface area (Å²) in [7, 11) is 0. The van der Waals surface area contributed by atoms with E-state index in [9.17, 15) is 14.4 Å². The summed E-state index contributed by atoms with van der Waals surface area (Å²) in [4.78, 5) is 47.9. The highest BCUT2D eigenvalue weighted by Gasteiger charge is 2.29. The van der Waals surface area contributed by atoms with E-state index in [1.54, 1.807) is 11.8 Å². The summed E-state index contributed by atoms with van der Waals surface area (Å²) in [6.07, 6.45) is 4.45. The van der Waals surface area contributed by atoms with E-state index in [-0.39, 0.29) is 11.8 Å². The Hall–Kier alpha value is -2.55. The lowest BCUT2D eigenvalue weighted by Crippen LogP contribution is -2.56. The summed E-state index contributed by atoms with van der Waals surface area (Å²) in [6, 6.07) is -0.930. The Kier molecular flexibility index (Phi) is 7.02. The number of nitrogens with zero attached hydrogens (tertiary/aromatic N) is 4. The number of imide groups is 1. The first-order chi connectivity index (χ1) is 12.4. The number of nitrogens with one attached hydrogen (secondary N) is 2. The highest BCUT2D eigenvalue weighted by molar-refractivity contribution is 5.96. The fourth-order valence-corrected chi connectivity index (χ4v) is 2.61. The molecule has 1 unspecified atom stereocenters. The molecule has 1 aromatic rings. The second-order valence-electron chi connectivity index (χ2n) is 6.69. The molecule has 1 aliphatic rings. The molecule has 2 rings (SSSR count). The summed E-state index contributed by atoms with van der Waals surface area (Å²) in [6.45, 7) is 8.31. The Labute approximate surface area is 153 Å². The number of hydrogen-bond acceptors (Lipinski definition) is 6. The highest BCUT2D eigenvalue weighted by atomic mass is 16.2. The van der Waals surface area contributed by atoms with Crippen LogP contribution in [0, 0.1) is 5.92 Å². The maximum Gasteiger partial charge on any atom is 0.321 e. The number of hydrogen-bond donors (Lipinski definition) is 2. The van der Waals surface area contributed by atoms with Crippen molar-refractivity contribution in [3.8, 4) is 0 Å². The topological polar surface area (TPSA) is 108 Å². The third-order valence-corrected chi connectivity index (χ3v) is 4.22. The van der Waals surface area contributed by atoms with Gasteiger partial charge in [-0.25, -0.2) is 9.78 Å². The van der Waals surface area contributed by atoms with Crippen LogP contribution in [0.5, 0.6) is 0 Å². The van der Waals surface area contributed by atoms with Gasteiger partial charge in [0.15, 0.2) is 0 Å². The molecule has 0 aromatic carbocycles. The fraction of sp³-hybridized carbons (Fsp3) is 0.588. The lowest BCUT2D eigenvalue weighted by atomic mass is 10.2. The van der Waals surface area contributed by atoms with Crippen molar-refractivity contribution in [1.82, 2.24) is 30.4 Å². The predicted octanol–water partition coefficient (Wildman–Crippen LogP) is 0.105. The molecule has 1 fully saturated rings. The smallest absolute Gasteiger partial charge is 0.321 e. The first-order valence-corrected chi connectivity index (χ1v) is 8.76. The summed E-state index contributed by atoms with van der Waals surface area (Å²) in [5.74, 6) is -0.198. The van der Waals surface area contributed by atoms with Crippen molar-refractivity contribution in [3.63, 3.8) is 0 Å². The van der Waals surface area contributed by atoms with Crippen molar-refractivity contribution in [2.45, 2.75) is 26.8 Å². The van der Waals surface area contributed by atoms with Crippen LogP contribution in [0.4, 0.5) is 4.79 Å². The summed E-state index contributed by atoms with van der Waals surface area (Å²) in [5.41, 5.74) is 0.313. The Morgan fingerprint density at radius 2 is 1.81 bits per heavy atom. The van der Waals surface area contributed by atoms with E-state index >= 15 is 0 Å². The van der Waals surface area contributed by atoms with Crippen LogP contribution in [-0.4, -0.2) is 76.4 Å². The van der Waals surface area contributed by atoms with Crippen molar-refractivity contribution >= 4 is 17.8 Å². The first kappa shape index (κ1) is 19.8. The monoisotopic (exact) mass is 362 g/mol. The van der Waals surface area contributed by atoms with Crippen LogP contribution in [0.3, 0.4) is 0 Å². The third kappa shape index (κ3) is 5.48. The van der Waals surface area contributed by atoms with Crippen LogP contribution in [0.1, 0.15) is 31.3 Å². The largest absolute Gasteiger partial charge is 0.338 e. The number of carbonyl (C=O) groups excluding carboxylic acids is 3. The van der Waals surface area contributed by atoms with Crippen molar-refractivity contribution in [2.75, 3.05) is 32.7 Å². The van der Waals surface area contributed by atoms with Gasteiger partial charge in [0.05, 0.1) is 12.2 Å². The van der Waals surface area contributed by atoms with E-state index in [1.807, 2.05) is 18.7 Å². The van der Waals surface area contributed by atoms with Gasteiger partial charge in [-0.05, 0) is 12.8 Å². The molecule has 0 bridgehead atoms. The second-order valence-corrected chi connectivity index (χ2v) is 6.69. The number of carbonyl (C=O) groups is 3. The molecule has 1 atom stereocenters. The Morgan fingerprint density at radius 1 is 1.12 bits per heavy atom. The normalized spacial score (nSPS) is 16.2. The van der Waals surface area contributed by atoms with Gasteiger partial charge in [-0.2, -0.15) is 0 Å². The number of piperazine rings is 1. The Morgan fingerprint density at radius 3 is 2.38 bits per heavy atom. The molecule has 1 aromatic heterocycles. The summed E-state index contributed by atoms with van der Waals surface area (Å²) in [5, 5.41) is 5.02. The van der Waals surface area contributed by atoms with E-state index in [0.717, 1.165) is 0 Å². The van der Waals surface area contributed by atoms with Gasteiger partial charge in [-0.3, -0.25) is 24.8 Å². The van der Waals surface area contributed by atoms with E-state index in [1.165, 1.54) is 18.6 Å². The molecule has 0 radical (unpaired) electrons. The molecule has 26 heavy (non-hydrogen) atoms. The molecule has 4 amide bonds. The van der Waals surface area contributed by atoms with Crippen LogP contribution < -0.4 is 10.6 Å². The average Bonchev–Trinajstić information content (AvgIpc) is 2.66. The SMILES string of the molecule is CC(C)CNC(=O)NC(=O)C(C)N1CCN(C(=O)c2cnccn2)CC1. The molecule has 1 saturated heterocycles. The summed E-state index contributed by atoms with van der Waals surface area (Å²) < 4.78 is 0. The molecule has 0 aliphatic carbocycles. The first-order valence-electron chi connectivity index (χ1n) is 8.76. The van der Waals surface area contributed by atoms with Gasteiger partial charge >= 0.3 is 6.03 Å². The third-order valence-electron chi connectivity index (χ3n) is 4.22. The minimum atomic E-state index is -0.480. The van der Waals surface area contributed by atoms with Gasteiger partial charge in [0.2, 0.25) is 5.91 Å². The van der Waals surface area contributed by atoms with Crippen LogP contribution in [0.25, 0.3) is 0 Å². The van der Waals surface area contributed by atoms with Crippen LogP contribution in [-0.2, 0) is 4.79 Å². The molecule has 0 spiro atoms. The van der Waals surface area contributed by atoms with E-state index < -0.39 is 12.1 Å². The molecule has 0 saturated carbocycles. The zero-order valence-electron chi connectivity index (χ0n) is 15.4. The number of urea groups is 1. The van der Waals surface area contributed by atoms with Crippen LogP contribution in [0.2, 0.25) is 0 Å².